The van der Waals surface area contributed by atoms with Crippen LogP contribution in [0.25, 0.3) is 0 Å². The summed E-state index contributed by atoms with van der Waals surface area (Å²) >= 11 is 0. The minimum absolute atomic E-state index is 0.322. The summed E-state index contributed by atoms with van der Waals surface area (Å²) in [5.41, 5.74) is 2.29. The van der Waals surface area contributed by atoms with Crippen LogP contribution in [-0.2, 0) is 0 Å². The van der Waals surface area contributed by atoms with Crippen LogP contribution < -0.4 is 5.32 Å². The van der Waals surface area contributed by atoms with Crippen molar-refractivity contribution in [1.29, 1.82) is 0 Å². The summed E-state index contributed by atoms with van der Waals surface area (Å²) in [6, 6.07) is 5.47. The van der Waals surface area contributed by atoms with Gasteiger partial charge < -0.3 is 10.4 Å². The molecule has 0 aliphatic heterocycles. The number of carbonyl (C=O) groups is 1. The molecule has 1 rings (SSSR count). The van der Waals surface area contributed by atoms with Crippen molar-refractivity contribution in [3.05, 3.63) is 29.3 Å². The number of benzene rings is 1. The van der Waals surface area contributed by atoms with E-state index in [1.807, 2.05) is 13.0 Å². The van der Waals surface area contributed by atoms with Crippen LogP contribution in [0.2, 0.25) is 0 Å². The first-order valence-electron chi connectivity index (χ1n) is 5.52. The van der Waals surface area contributed by atoms with Gasteiger partial charge in [0.05, 0.1) is 5.56 Å². The van der Waals surface area contributed by atoms with E-state index in [2.05, 4.69) is 26.1 Å². The lowest BCUT2D eigenvalue weighted by atomic mass is 10.0. The van der Waals surface area contributed by atoms with Gasteiger partial charge in [-0.1, -0.05) is 19.9 Å². The van der Waals surface area contributed by atoms with E-state index in [0.29, 0.717) is 17.5 Å². The number of aryl methyl sites for hydroxylation is 1. The van der Waals surface area contributed by atoms with Crippen molar-refractivity contribution in [2.45, 2.75) is 33.7 Å². The van der Waals surface area contributed by atoms with Crippen molar-refractivity contribution < 1.29 is 9.90 Å². The zero-order valence-corrected chi connectivity index (χ0v) is 10.2. The highest BCUT2D eigenvalue weighted by atomic mass is 16.4. The zero-order valence-electron chi connectivity index (χ0n) is 10.2. The number of nitrogens with one attached hydrogen (secondary N) is 1. The maximum Gasteiger partial charge on any atom is 0.335 e. The second-order valence-electron chi connectivity index (χ2n) is 4.51. The molecule has 0 saturated carbocycles. The standard InChI is InChI=1S/C13H19NO2/c1-8(2)10(4)14-12-7-11(13(15)16)6-5-9(12)3/h5-8,10,14H,1-4H3,(H,15,16). The molecule has 1 unspecified atom stereocenters. The van der Waals surface area contributed by atoms with Gasteiger partial charge in [-0.05, 0) is 37.5 Å². The van der Waals surface area contributed by atoms with Gasteiger partial charge in [-0.15, -0.1) is 0 Å². The number of aromatic carboxylic acids is 1. The van der Waals surface area contributed by atoms with E-state index < -0.39 is 5.97 Å². The Balaban J connectivity index is 2.94. The minimum atomic E-state index is -0.889. The van der Waals surface area contributed by atoms with Crippen molar-refractivity contribution in [2.24, 2.45) is 5.92 Å². The molecule has 0 aromatic heterocycles. The summed E-state index contributed by atoms with van der Waals surface area (Å²) in [6.45, 7) is 8.33. The predicted octanol–water partition coefficient (Wildman–Crippen LogP) is 3.15. The van der Waals surface area contributed by atoms with E-state index in [9.17, 15) is 4.79 Å². The predicted molar refractivity (Wildman–Crippen MR) is 66.1 cm³/mol. The first-order valence-corrected chi connectivity index (χ1v) is 5.52. The number of hydrogen-bond acceptors (Lipinski definition) is 2. The van der Waals surface area contributed by atoms with Crippen molar-refractivity contribution >= 4 is 11.7 Å². The van der Waals surface area contributed by atoms with Crippen LogP contribution in [0.15, 0.2) is 18.2 Å². The minimum Gasteiger partial charge on any atom is -0.478 e. The average Bonchev–Trinajstić information content (AvgIpc) is 2.20. The van der Waals surface area contributed by atoms with Crippen LogP contribution in [0, 0.1) is 12.8 Å². The number of hydrogen-bond donors (Lipinski definition) is 2. The van der Waals surface area contributed by atoms with Gasteiger partial charge in [0.1, 0.15) is 0 Å². The second-order valence-corrected chi connectivity index (χ2v) is 4.51. The van der Waals surface area contributed by atoms with Crippen LogP contribution >= 0.6 is 0 Å². The first kappa shape index (κ1) is 12.6. The Hall–Kier alpha value is -1.51. The van der Waals surface area contributed by atoms with Crippen LogP contribution in [0.5, 0.6) is 0 Å². The van der Waals surface area contributed by atoms with Crippen LogP contribution in [0.3, 0.4) is 0 Å². The smallest absolute Gasteiger partial charge is 0.335 e. The third-order valence-electron chi connectivity index (χ3n) is 2.87. The molecule has 0 radical (unpaired) electrons. The molecule has 0 fully saturated rings. The van der Waals surface area contributed by atoms with Gasteiger partial charge in [0, 0.05) is 11.7 Å². The molecule has 0 amide bonds. The van der Waals surface area contributed by atoms with Gasteiger partial charge >= 0.3 is 5.97 Å². The van der Waals surface area contributed by atoms with Gasteiger partial charge in [0.25, 0.3) is 0 Å². The molecular formula is C13H19NO2. The van der Waals surface area contributed by atoms with Gasteiger partial charge in [0.15, 0.2) is 0 Å². The Morgan fingerprint density at radius 2 is 1.94 bits per heavy atom. The van der Waals surface area contributed by atoms with Crippen LogP contribution in [0.1, 0.15) is 36.7 Å². The molecule has 2 N–H and O–H groups in total. The quantitative estimate of drug-likeness (QED) is 0.821. The highest BCUT2D eigenvalue weighted by Gasteiger charge is 2.10. The number of rotatable bonds is 4. The summed E-state index contributed by atoms with van der Waals surface area (Å²) in [5, 5.41) is 12.3. The molecule has 0 aliphatic rings. The largest absolute Gasteiger partial charge is 0.478 e. The number of carboxylic acids is 1. The molecule has 16 heavy (non-hydrogen) atoms. The van der Waals surface area contributed by atoms with E-state index in [1.54, 1.807) is 12.1 Å². The Kier molecular flexibility index (Phi) is 3.93. The highest BCUT2D eigenvalue weighted by Crippen LogP contribution is 2.19. The maximum absolute atomic E-state index is 10.9. The fourth-order valence-electron chi connectivity index (χ4n) is 1.32. The monoisotopic (exact) mass is 221 g/mol. The Morgan fingerprint density at radius 3 is 2.44 bits per heavy atom. The Morgan fingerprint density at radius 1 is 1.31 bits per heavy atom. The lowest BCUT2D eigenvalue weighted by Crippen LogP contribution is -2.22. The van der Waals surface area contributed by atoms with Crippen LogP contribution in [0.4, 0.5) is 5.69 Å². The Bertz CT molecular complexity index is 386. The van der Waals surface area contributed by atoms with Crippen molar-refractivity contribution in [1.82, 2.24) is 0 Å². The number of carboxylic acid groups (broad SMARTS) is 1. The molecule has 3 nitrogen and oxygen atoms in total. The molecule has 88 valence electrons. The highest BCUT2D eigenvalue weighted by molar-refractivity contribution is 5.89. The maximum atomic E-state index is 10.9. The van der Waals surface area contributed by atoms with Gasteiger partial charge in [-0.3, -0.25) is 0 Å². The second kappa shape index (κ2) is 5.01. The van der Waals surface area contributed by atoms with E-state index in [1.165, 1.54) is 0 Å². The summed E-state index contributed by atoms with van der Waals surface area (Å²) in [7, 11) is 0. The molecule has 0 aliphatic carbocycles. The van der Waals surface area contributed by atoms with E-state index >= 15 is 0 Å². The van der Waals surface area contributed by atoms with Crippen molar-refractivity contribution in [3.63, 3.8) is 0 Å². The normalized spacial score (nSPS) is 12.6. The molecule has 3 heteroatoms. The van der Waals surface area contributed by atoms with Crippen molar-refractivity contribution in [3.8, 4) is 0 Å². The number of anilines is 1. The fraction of sp³-hybridized carbons (Fsp3) is 0.462. The Labute approximate surface area is 96.5 Å². The van der Waals surface area contributed by atoms with Gasteiger partial charge in [-0.2, -0.15) is 0 Å². The fourth-order valence-corrected chi connectivity index (χ4v) is 1.32. The molecular weight excluding hydrogens is 202 g/mol. The van der Waals surface area contributed by atoms with E-state index in [4.69, 9.17) is 5.11 Å². The average molecular weight is 221 g/mol. The molecule has 0 heterocycles. The topological polar surface area (TPSA) is 49.3 Å². The lowest BCUT2D eigenvalue weighted by molar-refractivity contribution is 0.0697. The molecule has 0 spiro atoms. The lowest BCUT2D eigenvalue weighted by Gasteiger charge is -2.20. The van der Waals surface area contributed by atoms with E-state index in [-0.39, 0.29) is 0 Å². The van der Waals surface area contributed by atoms with Crippen molar-refractivity contribution in [2.75, 3.05) is 5.32 Å². The summed E-state index contributed by atoms with van der Waals surface area (Å²) < 4.78 is 0. The molecule has 1 aromatic rings. The zero-order chi connectivity index (χ0) is 12.3. The van der Waals surface area contributed by atoms with Gasteiger partial charge in [0.2, 0.25) is 0 Å². The summed E-state index contributed by atoms with van der Waals surface area (Å²) in [5.74, 6) is -0.381. The SMILES string of the molecule is Cc1ccc(C(=O)O)cc1NC(C)C(C)C. The third-order valence-corrected chi connectivity index (χ3v) is 2.87. The third kappa shape index (κ3) is 2.99. The molecule has 1 atom stereocenters. The molecule has 1 aromatic carbocycles. The van der Waals surface area contributed by atoms with Crippen LogP contribution in [-0.4, -0.2) is 17.1 Å². The first-order chi connectivity index (χ1) is 7.41. The van der Waals surface area contributed by atoms with E-state index in [0.717, 1.165) is 11.3 Å². The molecule has 0 saturated heterocycles. The molecule has 0 bridgehead atoms. The summed E-state index contributed by atoms with van der Waals surface area (Å²) in [6.07, 6.45) is 0. The van der Waals surface area contributed by atoms with Gasteiger partial charge in [-0.25, -0.2) is 4.79 Å². The summed E-state index contributed by atoms with van der Waals surface area (Å²) in [4.78, 5) is 10.9.